The van der Waals surface area contributed by atoms with Crippen molar-refractivity contribution in [3.63, 3.8) is 0 Å². The van der Waals surface area contributed by atoms with Crippen molar-refractivity contribution in [2.75, 3.05) is 11.9 Å². The van der Waals surface area contributed by atoms with Crippen molar-refractivity contribution < 1.29 is 22.7 Å². The second-order valence-corrected chi connectivity index (χ2v) is 4.68. The minimum absolute atomic E-state index is 0.164. The number of benzene rings is 1. The summed E-state index contributed by atoms with van der Waals surface area (Å²) in [5.41, 5.74) is 6.46. The molecule has 1 aromatic carbocycles. The maximum atomic E-state index is 12.1. The molecule has 0 spiro atoms. The second kappa shape index (κ2) is 6.99. The molecular weight excluding hydrogens is 311 g/mol. The van der Waals surface area contributed by atoms with Crippen molar-refractivity contribution in [1.29, 1.82) is 0 Å². The number of aromatic nitrogens is 1. The van der Waals surface area contributed by atoms with Crippen LogP contribution in [-0.2, 0) is 4.79 Å². The summed E-state index contributed by atoms with van der Waals surface area (Å²) in [6.45, 7) is -1.42. The first-order valence-electron chi connectivity index (χ1n) is 6.61. The molecule has 1 amide bonds. The van der Waals surface area contributed by atoms with Gasteiger partial charge >= 0.3 is 6.18 Å². The van der Waals surface area contributed by atoms with E-state index in [9.17, 15) is 18.0 Å². The molecule has 23 heavy (non-hydrogen) atoms. The van der Waals surface area contributed by atoms with Gasteiger partial charge in [0.05, 0.1) is 11.9 Å². The van der Waals surface area contributed by atoms with E-state index in [1.54, 1.807) is 30.3 Å². The molecule has 2 aromatic rings. The summed E-state index contributed by atoms with van der Waals surface area (Å²) >= 11 is 0. The Morgan fingerprint density at radius 2 is 1.91 bits per heavy atom. The van der Waals surface area contributed by atoms with Gasteiger partial charge in [0.25, 0.3) is 0 Å². The van der Waals surface area contributed by atoms with E-state index in [0.717, 1.165) is 0 Å². The summed E-state index contributed by atoms with van der Waals surface area (Å²) in [5.74, 6) is -0.753. The minimum atomic E-state index is -4.43. The normalized spacial score (nSPS) is 12.5. The first-order valence-corrected chi connectivity index (χ1v) is 6.61. The molecule has 122 valence electrons. The smallest absolute Gasteiger partial charge is 0.422 e. The lowest BCUT2D eigenvalue weighted by Crippen LogP contribution is -2.27. The van der Waals surface area contributed by atoms with Gasteiger partial charge in [-0.25, -0.2) is 4.98 Å². The van der Waals surface area contributed by atoms with Gasteiger partial charge in [-0.05, 0) is 11.6 Å². The number of primary amides is 1. The third-order valence-electron chi connectivity index (χ3n) is 2.85. The maximum Gasteiger partial charge on any atom is 0.422 e. The van der Waals surface area contributed by atoms with Crippen LogP contribution in [0.2, 0.25) is 0 Å². The molecular formula is C15H14F3N3O2. The van der Waals surface area contributed by atoms with E-state index in [1.165, 1.54) is 18.3 Å². The number of hydrogen-bond acceptors (Lipinski definition) is 4. The Kier molecular flexibility index (Phi) is 5.05. The van der Waals surface area contributed by atoms with Crippen LogP contribution in [0.25, 0.3) is 0 Å². The number of nitrogens with one attached hydrogen (secondary N) is 1. The van der Waals surface area contributed by atoms with Crippen molar-refractivity contribution >= 4 is 11.6 Å². The van der Waals surface area contributed by atoms with Crippen molar-refractivity contribution in [3.05, 3.63) is 54.2 Å². The van der Waals surface area contributed by atoms with Gasteiger partial charge in [-0.15, -0.1) is 0 Å². The Labute approximate surface area is 130 Å². The summed E-state index contributed by atoms with van der Waals surface area (Å²) in [4.78, 5) is 15.3. The lowest BCUT2D eigenvalue weighted by molar-refractivity contribution is -0.154. The largest absolute Gasteiger partial charge is 0.468 e. The van der Waals surface area contributed by atoms with Gasteiger partial charge in [-0.3, -0.25) is 4.79 Å². The Morgan fingerprint density at radius 1 is 1.22 bits per heavy atom. The Morgan fingerprint density at radius 3 is 2.43 bits per heavy atom. The highest BCUT2D eigenvalue weighted by atomic mass is 19.4. The molecule has 5 nitrogen and oxygen atoms in total. The number of carbonyl (C=O) groups is 1. The Hall–Kier alpha value is -2.77. The molecule has 0 radical (unpaired) electrons. The van der Waals surface area contributed by atoms with Crippen LogP contribution in [0, 0.1) is 0 Å². The molecule has 0 fully saturated rings. The maximum absolute atomic E-state index is 12.1. The molecule has 1 heterocycles. The average Bonchev–Trinajstić information content (AvgIpc) is 2.51. The molecule has 0 aliphatic carbocycles. The molecule has 0 unspecified atom stereocenters. The van der Waals surface area contributed by atoms with E-state index in [4.69, 9.17) is 5.73 Å². The quantitative estimate of drug-likeness (QED) is 0.856. The van der Waals surface area contributed by atoms with E-state index in [0.29, 0.717) is 11.3 Å². The van der Waals surface area contributed by atoms with Gasteiger partial charge in [0, 0.05) is 6.07 Å². The fourth-order valence-corrected chi connectivity index (χ4v) is 1.84. The van der Waals surface area contributed by atoms with Crippen molar-refractivity contribution in [1.82, 2.24) is 4.98 Å². The van der Waals surface area contributed by atoms with E-state index >= 15 is 0 Å². The zero-order chi connectivity index (χ0) is 16.9. The summed E-state index contributed by atoms with van der Waals surface area (Å²) in [5, 5.41) is 2.88. The van der Waals surface area contributed by atoms with Crippen LogP contribution < -0.4 is 15.8 Å². The summed E-state index contributed by atoms with van der Waals surface area (Å²) in [7, 11) is 0. The lowest BCUT2D eigenvalue weighted by atomic mass is 10.1. The first kappa shape index (κ1) is 16.6. The molecule has 0 bridgehead atoms. The van der Waals surface area contributed by atoms with Crippen LogP contribution in [0.5, 0.6) is 5.88 Å². The average molecular weight is 325 g/mol. The van der Waals surface area contributed by atoms with E-state index in [-0.39, 0.29) is 5.88 Å². The van der Waals surface area contributed by atoms with Gasteiger partial charge in [-0.2, -0.15) is 13.2 Å². The number of nitrogens with zero attached hydrogens (tertiary/aromatic N) is 1. The predicted molar refractivity (Wildman–Crippen MR) is 77.8 cm³/mol. The highest BCUT2D eigenvalue weighted by molar-refractivity contribution is 5.84. The SMILES string of the molecule is NC(=O)[C@H](Nc1ccc(OCC(F)(F)F)nc1)c1ccccc1. The lowest BCUT2D eigenvalue weighted by Gasteiger charge is -2.17. The number of hydrogen-bond donors (Lipinski definition) is 2. The predicted octanol–water partition coefficient (Wildman–Crippen LogP) is 2.66. The van der Waals surface area contributed by atoms with Crippen LogP contribution in [0.15, 0.2) is 48.7 Å². The third kappa shape index (κ3) is 5.17. The third-order valence-corrected chi connectivity index (χ3v) is 2.85. The van der Waals surface area contributed by atoms with Crippen LogP contribution in [0.1, 0.15) is 11.6 Å². The van der Waals surface area contributed by atoms with Crippen LogP contribution in [-0.4, -0.2) is 23.7 Å². The van der Waals surface area contributed by atoms with Gasteiger partial charge < -0.3 is 15.8 Å². The molecule has 1 atom stereocenters. The highest BCUT2D eigenvalue weighted by Gasteiger charge is 2.28. The van der Waals surface area contributed by atoms with E-state index < -0.39 is 24.7 Å². The van der Waals surface area contributed by atoms with E-state index in [1.807, 2.05) is 0 Å². The first-order chi connectivity index (χ1) is 10.8. The Balaban J connectivity index is 2.05. The number of ether oxygens (including phenoxy) is 1. The highest BCUT2D eigenvalue weighted by Crippen LogP contribution is 2.21. The number of nitrogens with two attached hydrogens (primary N) is 1. The molecule has 0 aliphatic rings. The van der Waals surface area contributed by atoms with Gasteiger partial charge in [0.15, 0.2) is 6.61 Å². The number of rotatable bonds is 6. The van der Waals surface area contributed by atoms with Crippen molar-refractivity contribution in [3.8, 4) is 5.88 Å². The fourth-order valence-electron chi connectivity index (χ4n) is 1.84. The van der Waals surface area contributed by atoms with Gasteiger partial charge in [-0.1, -0.05) is 30.3 Å². The van der Waals surface area contributed by atoms with Crippen LogP contribution in [0.4, 0.5) is 18.9 Å². The molecule has 2 rings (SSSR count). The Bertz CT molecular complexity index is 645. The number of carbonyl (C=O) groups excluding carboxylic acids is 1. The summed E-state index contributed by atoms with van der Waals surface area (Å²) in [6, 6.07) is 10.7. The topological polar surface area (TPSA) is 77.2 Å². The monoisotopic (exact) mass is 325 g/mol. The minimum Gasteiger partial charge on any atom is -0.468 e. The van der Waals surface area contributed by atoms with Crippen LogP contribution >= 0.6 is 0 Å². The molecule has 3 N–H and O–H groups in total. The molecule has 0 aliphatic heterocycles. The zero-order valence-electron chi connectivity index (χ0n) is 11.9. The summed E-state index contributed by atoms with van der Waals surface area (Å²) in [6.07, 6.45) is -3.16. The fraction of sp³-hybridized carbons (Fsp3) is 0.200. The zero-order valence-corrected chi connectivity index (χ0v) is 11.9. The molecule has 0 saturated carbocycles. The summed E-state index contributed by atoms with van der Waals surface area (Å²) < 4.78 is 40.7. The van der Waals surface area contributed by atoms with Crippen molar-refractivity contribution in [2.24, 2.45) is 5.73 Å². The molecule has 8 heteroatoms. The van der Waals surface area contributed by atoms with E-state index in [2.05, 4.69) is 15.0 Å². The van der Waals surface area contributed by atoms with Crippen LogP contribution in [0.3, 0.4) is 0 Å². The molecule has 1 aromatic heterocycles. The molecule has 0 saturated heterocycles. The second-order valence-electron chi connectivity index (χ2n) is 4.68. The standard InChI is InChI=1S/C15H14F3N3O2/c16-15(17,18)9-23-12-7-6-11(8-20-12)21-13(14(19)22)10-4-2-1-3-5-10/h1-8,13,21H,9H2,(H2,19,22)/t13-/m1/s1. The number of pyridine rings is 1. The number of alkyl halides is 3. The van der Waals surface area contributed by atoms with Crippen molar-refractivity contribution in [2.45, 2.75) is 12.2 Å². The number of anilines is 1. The van der Waals surface area contributed by atoms with Gasteiger partial charge in [0.2, 0.25) is 11.8 Å². The van der Waals surface area contributed by atoms with Gasteiger partial charge in [0.1, 0.15) is 6.04 Å². The number of amides is 1. The number of halogens is 3.